The molecule has 0 saturated heterocycles. The van der Waals surface area contributed by atoms with Crippen LogP contribution in [0.1, 0.15) is 29.5 Å². The first kappa shape index (κ1) is 11.5. The lowest BCUT2D eigenvalue weighted by atomic mass is 10.2. The monoisotopic (exact) mass is 265 g/mol. The number of hydrogen-bond acceptors (Lipinski definition) is 4. The van der Waals surface area contributed by atoms with Crippen LogP contribution in [0.15, 0.2) is 42.7 Å². The number of aryl methyl sites for hydroxylation is 1. The van der Waals surface area contributed by atoms with Crippen molar-refractivity contribution >= 4 is 5.65 Å². The first-order valence-electron chi connectivity index (χ1n) is 6.87. The molecule has 3 heterocycles. The molecular formula is C15H15N5. The van der Waals surface area contributed by atoms with E-state index >= 15 is 0 Å². The number of pyridine rings is 2. The van der Waals surface area contributed by atoms with Crippen molar-refractivity contribution in [2.24, 2.45) is 0 Å². The molecule has 0 aromatic carbocycles. The summed E-state index contributed by atoms with van der Waals surface area (Å²) < 4.78 is 2.02. The van der Waals surface area contributed by atoms with Gasteiger partial charge >= 0.3 is 0 Å². The van der Waals surface area contributed by atoms with Crippen LogP contribution >= 0.6 is 0 Å². The zero-order valence-corrected chi connectivity index (χ0v) is 11.0. The molecule has 0 saturated carbocycles. The van der Waals surface area contributed by atoms with E-state index in [0.717, 1.165) is 24.3 Å². The summed E-state index contributed by atoms with van der Waals surface area (Å²) in [6, 6.07) is 10.4. The Morgan fingerprint density at radius 3 is 3.20 bits per heavy atom. The molecular weight excluding hydrogens is 250 g/mol. The van der Waals surface area contributed by atoms with Crippen LogP contribution in [0.2, 0.25) is 0 Å². The summed E-state index contributed by atoms with van der Waals surface area (Å²) in [7, 11) is 0. The zero-order valence-electron chi connectivity index (χ0n) is 11.0. The molecule has 3 aromatic heterocycles. The van der Waals surface area contributed by atoms with E-state index < -0.39 is 0 Å². The molecule has 0 radical (unpaired) electrons. The minimum Gasteiger partial charge on any atom is -0.301 e. The maximum absolute atomic E-state index is 4.50. The molecule has 1 aliphatic carbocycles. The zero-order chi connectivity index (χ0) is 13.4. The third kappa shape index (κ3) is 1.87. The van der Waals surface area contributed by atoms with Gasteiger partial charge in [0, 0.05) is 12.4 Å². The lowest BCUT2D eigenvalue weighted by Gasteiger charge is -2.12. The van der Waals surface area contributed by atoms with Crippen molar-refractivity contribution in [1.29, 1.82) is 0 Å². The number of nitrogens with one attached hydrogen (secondary N) is 1. The molecule has 100 valence electrons. The van der Waals surface area contributed by atoms with Crippen LogP contribution in [0.3, 0.4) is 0 Å². The van der Waals surface area contributed by atoms with Gasteiger partial charge in [0.15, 0.2) is 11.5 Å². The van der Waals surface area contributed by atoms with Crippen LogP contribution in [0.25, 0.3) is 5.65 Å². The van der Waals surface area contributed by atoms with E-state index in [1.54, 1.807) is 0 Å². The fraction of sp³-hybridized carbons (Fsp3) is 0.267. The predicted molar refractivity (Wildman–Crippen MR) is 75.1 cm³/mol. The topological polar surface area (TPSA) is 55.1 Å². The second kappa shape index (κ2) is 4.68. The Morgan fingerprint density at radius 2 is 2.20 bits per heavy atom. The molecule has 5 heteroatoms. The molecule has 0 aliphatic heterocycles. The van der Waals surface area contributed by atoms with Gasteiger partial charge in [0.2, 0.25) is 0 Å². The van der Waals surface area contributed by atoms with Gasteiger partial charge in [-0.3, -0.25) is 9.38 Å². The molecule has 0 amide bonds. The summed E-state index contributed by atoms with van der Waals surface area (Å²) >= 11 is 0. The van der Waals surface area contributed by atoms with Gasteiger partial charge in [0.1, 0.15) is 0 Å². The van der Waals surface area contributed by atoms with Crippen molar-refractivity contribution < 1.29 is 0 Å². The fourth-order valence-corrected chi connectivity index (χ4v) is 2.84. The van der Waals surface area contributed by atoms with Crippen molar-refractivity contribution in [3.63, 3.8) is 0 Å². The summed E-state index contributed by atoms with van der Waals surface area (Å²) in [5, 5.41) is 12.0. The van der Waals surface area contributed by atoms with Crippen LogP contribution in [0.4, 0.5) is 0 Å². The van der Waals surface area contributed by atoms with E-state index in [4.69, 9.17) is 0 Å². The SMILES string of the molecule is c1cnc2c(c1)CCC2NCc1nnc2ccccn12. The lowest BCUT2D eigenvalue weighted by Crippen LogP contribution is -2.20. The Bertz CT molecular complexity index is 749. The molecule has 0 bridgehead atoms. The van der Waals surface area contributed by atoms with Crippen LogP contribution in [0.5, 0.6) is 0 Å². The second-order valence-corrected chi connectivity index (χ2v) is 5.06. The highest BCUT2D eigenvalue weighted by Gasteiger charge is 2.23. The van der Waals surface area contributed by atoms with E-state index in [9.17, 15) is 0 Å². The number of fused-ring (bicyclic) bond motifs is 2. The van der Waals surface area contributed by atoms with Gasteiger partial charge in [-0.05, 0) is 36.6 Å². The molecule has 1 aliphatic rings. The summed E-state index contributed by atoms with van der Waals surface area (Å²) in [6.45, 7) is 0.700. The van der Waals surface area contributed by atoms with Gasteiger partial charge in [-0.1, -0.05) is 12.1 Å². The van der Waals surface area contributed by atoms with Crippen LogP contribution in [-0.4, -0.2) is 19.6 Å². The number of nitrogens with zero attached hydrogens (tertiary/aromatic N) is 4. The van der Waals surface area contributed by atoms with Crippen molar-refractivity contribution in [1.82, 2.24) is 24.9 Å². The summed E-state index contributed by atoms with van der Waals surface area (Å²) in [5.41, 5.74) is 3.42. The Hall–Kier alpha value is -2.27. The smallest absolute Gasteiger partial charge is 0.160 e. The van der Waals surface area contributed by atoms with E-state index in [-0.39, 0.29) is 0 Å². The first-order chi connectivity index (χ1) is 9.92. The molecule has 3 aromatic rings. The molecule has 1 unspecified atom stereocenters. The predicted octanol–water partition coefficient (Wildman–Crippen LogP) is 1.90. The number of rotatable bonds is 3. The van der Waals surface area contributed by atoms with Crippen molar-refractivity contribution in [2.75, 3.05) is 0 Å². The maximum Gasteiger partial charge on any atom is 0.160 e. The quantitative estimate of drug-likeness (QED) is 0.786. The maximum atomic E-state index is 4.50. The largest absolute Gasteiger partial charge is 0.301 e. The van der Waals surface area contributed by atoms with Crippen molar-refractivity contribution in [3.05, 3.63) is 59.8 Å². The van der Waals surface area contributed by atoms with Gasteiger partial charge in [-0.15, -0.1) is 10.2 Å². The van der Waals surface area contributed by atoms with Gasteiger partial charge < -0.3 is 5.32 Å². The van der Waals surface area contributed by atoms with E-state index in [1.807, 2.05) is 41.1 Å². The molecule has 20 heavy (non-hydrogen) atoms. The minimum atomic E-state index is 0.322. The summed E-state index contributed by atoms with van der Waals surface area (Å²) in [4.78, 5) is 4.50. The molecule has 0 fully saturated rings. The molecule has 0 spiro atoms. The summed E-state index contributed by atoms with van der Waals surface area (Å²) in [5.74, 6) is 0.935. The van der Waals surface area contributed by atoms with E-state index in [2.05, 4.69) is 26.6 Å². The molecule has 1 atom stereocenters. The first-order valence-corrected chi connectivity index (χ1v) is 6.87. The Morgan fingerprint density at radius 1 is 1.20 bits per heavy atom. The third-order valence-corrected chi connectivity index (χ3v) is 3.85. The van der Waals surface area contributed by atoms with Crippen LogP contribution in [0, 0.1) is 0 Å². The molecule has 1 N–H and O–H groups in total. The fourth-order valence-electron chi connectivity index (χ4n) is 2.84. The number of hydrogen-bond donors (Lipinski definition) is 1. The third-order valence-electron chi connectivity index (χ3n) is 3.85. The average Bonchev–Trinajstić information content (AvgIpc) is 3.09. The molecule has 5 nitrogen and oxygen atoms in total. The van der Waals surface area contributed by atoms with Gasteiger partial charge in [0.25, 0.3) is 0 Å². The Kier molecular flexibility index (Phi) is 2.70. The Balaban J connectivity index is 1.54. The number of aromatic nitrogens is 4. The normalized spacial score (nSPS) is 17.5. The lowest BCUT2D eigenvalue weighted by molar-refractivity contribution is 0.509. The van der Waals surface area contributed by atoms with Crippen molar-refractivity contribution in [2.45, 2.75) is 25.4 Å². The van der Waals surface area contributed by atoms with Crippen LogP contribution < -0.4 is 5.32 Å². The average molecular weight is 265 g/mol. The van der Waals surface area contributed by atoms with Gasteiger partial charge in [-0.2, -0.15) is 0 Å². The summed E-state index contributed by atoms with van der Waals surface area (Å²) in [6.07, 6.45) is 6.06. The second-order valence-electron chi connectivity index (χ2n) is 5.06. The highest BCUT2D eigenvalue weighted by atomic mass is 15.3. The standard InChI is InChI=1S/C15H15N5/c1-2-9-20-13(5-1)18-19-14(20)10-17-12-7-6-11-4-3-8-16-15(11)12/h1-5,8-9,12,17H,6-7,10H2. The minimum absolute atomic E-state index is 0.322. The van der Waals surface area contributed by atoms with E-state index in [1.165, 1.54) is 11.3 Å². The van der Waals surface area contributed by atoms with Crippen LogP contribution in [-0.2, 0) is 13.0 Å². The highest BCUT2D eigenvalue weighted by molar-refractivity contribution is 5.37. The molecule has 4 rings (SSSR count). The van der Waals surface area contributed by atoms with Crippen molar-refractivity contribution in [3.8, 4) is 0 Å². The highest BCUT2D eigenvalue weighted by Crippen LogP contribution is 2.28. The Labute approximate surface area is 116 Å². The van der Waals surface area contributed by atoms with Gasteiger partial charge in [0.05, 0.1) is 18.3 Å². The van der Waals surface area contributed by atoms with Gasteiger partial charge in [-0.25, -0.2) is 0 Å². The van der Waals surface area contributed by atoms with E-state index in [0.29, 0.717) is 12.6 Å².